The predicted octanol–water partition coefficient (Wildman–Crippen LogP) is 2.87. The molecule has 3 rings (SSSR count). The van der Waals surface area contributed by atoms with E-state index in [0.717, 1.165) is 28.3 Å². The molecule has 1 aromatic carbocycles. The van der Waals surface area contributed by atoms with E-state index < -0.39 is 0 Å². The van der Waals surface area contributed by atoms with Crippen molar-refractivity contribution in [3.8, 4) is 5.69 Å². The fourth-order valence-corrected chi connectivity index (χ4v) is 2.97. The first-order valence-electron chi connectivity index (χ1n) is 8.37. The largest absolute Gasteiger partial charge is 0.350 e. The van der Waals surface area contributed by atoms with E-state index in [0.29, 0.717) is 6.54 Å². The number of nitrogens with zero attached hydrogens (tertiary/aromatic N) is 4. The van der Waals surface area contributed by atoms with Crippen LogP contribution in [-0.2, 0) is 11.3 Å². The van der Waals surface area contributed by atoms with Crippen LogP contribution in [0.25, 0.3) is 5.69 Å². The highest BCUT2D eigenvalue weighted by molar-refractivity contribution is 5.79. The third-order valence-corrected chi connectivity index (χ3v) is 4.50. The van der Waals surface area contributed by atoms with E-state index in [2.05, 4.69) is 15.5 Å². The molecule has 1 amide bonds. The van der Waals surface area contributed by atoms with Crippen molar-refractivity contribution in [3.05, 3.63) is 65.2 Å². The standard InChI is InChI=1S/C19H23N5O/c1-13-10-11-21-23(13)16(4)19(25)20-12-18-14(2)22-24(15(18)3)17-8-6-5-7-9-17/h5-11,16H,12H2,1-4H3,(H,20,25). The van der Waals surface area contributed by atoms with Gasteiger partial charge in [-0.1, -0.05) is 18.2 Å². The number of rotatable bonds is 5. The monoisotopic (exact) mass is 337 g/mol. The Morgan fingerprint density at radius 1 is 1.16 bits per heavy atom. The second kappa shape index (κ2) is 6.93. The van der Waals surface area contributed by atoms with E-state index in [-0.39, 0.29) is 11.9 Å². The van der Waals surface area contributed by atoms with Crippen LogP contribution in [0.4, 0.5) is 0 Å². The molecule has 2 aromatic heterocycles. The molecular formula is C19H23N5O. The molecule has 0 bridgehead atoms. The van der Waals surface area contributed by atoms with Gasteiger partial charge in [0.2, 0.25) is 5.91 Å². The van der Waals surface area contributed by atoms with Gasteiger partial charge in [0.1, 0.15) is 6.04 Å². The summed E-state index contributed by atoms with van der Waals surface area (Å²) in [5.74, 6) is -0.0574. The molecule has 0 fully saturated rings. The predicted molar refractivity (Wildman–Crippen MR) is 96.6 cm³/mol. The molecule has 3 aromatic rings. The molecule has 0 radical (unpaired) electrons. The van der Waals surface area contributed by atoms with Crippen LogP contribution in [0.5, 0.6) is 0 Å². The van der Waals surface area contributed by atoms with Crippen LogP contribution in [0.1, 0.15) is 35.6 Å². The molecule has 0 aliphatic rings. The maximum atomic E-state index is 12.5. The molecule has 1 N–H and O–H groups in total. The van der Waals surface area contributed by atoms with E-state index in [9.17, 15) is 4.79 Å². The SMILES string of the molecule is Cc1nn(-c2ccccc2)c(C)c1CNC(=O)C(C)n1nccc1C. The van der Waals surface area contributed by atoms with Gasteiger partial charge in [0, 0.05) is 29.7 Å². The second-order valence-corrected chi connectivity index (χ2v) is 6.21. The number of hydrogen-bond acceptors (Lipinski definition) is 3. The van der Waals surface area contributed by atoms with Gasteiger partial charge in [-0.25, -0.2) is 4.68 Å². The van der Waals surface area contributed by atoms with Crippen LogP contribution in [0.2, 0.25) is 0 Å². The van der Waals surface area contributed by atoms with Gasteiger partial charge in [0.25, 0.3) is 0 Å². The summed E-state index contributed by atoms with van der Waals surface area (Å²) in [4.78, 5) is 12.5. The maximum Gasteiger partial charge on any atom is 0.244 e. The highest BCUT2D eigenvalue weighted by Crippen LogP contribution is 2.18. The highest BCUT2D eigenvalue weighted by Gasteiger charge is 2.18. The van der Waals surface area contributed by atoms with Gasteiger partial charge in [0.15, 0.2) is 0 Å². The first-order valence-corrected chi connectivity index (χ1v) is 8.37. The number of carbonyl (C=O) groups is 1. The lowest BCUT2D eigenvalue weighted by Gasteiger charge is -2.14. The number of para-hydroxylation sites is 1. The molecule has 2 heterocycles. The summed E-state index contributed by atoms with van der Waals surface area (Å²) in [7, 11) is 0. The minimum Gasteiger partial charge on any atom is -0.350 e. The Morgan fingerprint density at radius 3 is 2.52 bits per heavy atom. The lowest BCUT2D eigenvalue weighted by Crippen LogP contribution is -2.31. The number of hydrogen-bond donors (Lipinski definition) is 1. The van der Waals surface area contributed by atoms with E-state index in [1.165, 1.54) is 0 Å². The Bertz CT molecular complexity index is 879. The number of aromatic nitrogens is 4. The summed E-state index contributed by atoms with van der Waals surface area (Å²) >= 11 is 0. The second-order valence-electron chi connectivity index (χ2n) is 6.21. The molecule has 1 unspecified atom stereocenters. The molecule has 0 aliphatic carbocycles. The van der Waals surface area contributed by atoms with Crippen molar-refractivity contribution in [1.29, 1.82) is 0 Å². The van der Waals surface area contributed by atoms with E-state index in [1.54, 1.807) is 10.9 Å². The summed E-state index contributed by atoms with van der Waals surface area (Å²) in [6, 6.07) is 11.5. The minimum atomic E-state index is -0.347. The van der Waals surface area contributed by atoms with Crippen LogP contribution >= 0.6 is 0 Å². The smallest absolute Gasteiger partial charge is 0.244 e. The van der Waals surface area contributed by atoms with E-state index in [1.807, 2.05) is 68.8 Å². The zero-order chi connectivity index (χ0) is 18.0. The molecule has 0 aliphatic heterocycles. The van der Waals surface area contributed by atoms with Crippen molar-refractivity contribution in [2.45, 2.75) is 40.3 Å². The molecule has 1 atom stereocenters. The Kier molecular flexibility index (Phi) is 4.70. The third kappa shape index (κ3) is 3.33. The van der Waals surface area contributed by atoms with Gasteiger partial charge in [-0.3, -0.25) is 9.48 Å². The Morgan fingerprint density at radius 2 is 1.88 bits per heavy atom. The lowest BCUT2D eigenvalue weighted by molar-refractivity contribution is -0.124. The van der Waals surface area contributed by atoms with Crippen molar-refractivity contribution in [3.63, 3.8) is 0 Å². The van der Waals surface area contributed by atoms with E-state index >= 15 is 0 Å². The molecule has 6 heteroatoms. The number of carbonyl (C=O) groups excluding carboxylic acids is 1. The molecule has 0 saturated carbocycles. The first kappa shape index (κ1) is 17.0. The third-order valence-electron chi connectivity index (χ3n) is 4.50. The van der Waals surface area contributed by atoms with Crippen molar-refractivity contribution in [2.24, 2.45) is 0 Å². The average molecular weight is 337 g/mol. The van der Waals surface area contributed by atoms with Gasteiger partial charge in [-0.05, 0) is 45.9 Å². The topological polar surface area (TPSA) is 64.7 Å². The van der Waals surface area contributed by atoms with Crippen LogP contribution in [0.3, 0.4) is 0 Å². The summed E-state index contributed by atoms with van der Waals surface area (Å²) in [5, 5.41) is 11.8. The minimum absolute atomic E-state index is 0.0574. The van der Waals surface area contributed by atoms with Crippen LogP contribution in [0, 0.1) is 20.8 Å². The zero-order valence-corrected chi connectivity index (χ0v) is 15.0. The Hall–Kier alpha value is -2.89. The van der Waals surface area contributed by atoms with Gasteiger partial charge in [0.05, 0.1) is 11.4 Å². The molecule has 0 saturated heterocycles. The normalized spacial score (nSPS) is 12.2. The van der Waals surface area contributed by atoms with Crippen molar-refractivity contribution in [1.82, 2.24) is 24.9 Å². The zero-order valence-electron chi connectivity index (χ0n) is 15.0. The summed E-state index contributed by atoms with van der Waals surface area (Å²) in [6.07, 6.45) is 1.71. The van der Waals surface area contributed by atoms with Crippen molar-refractivity contribution in [2.75, 3.05) is 0 Å². The van der Waals surface area contributed by atoms with Crippen LogP contribution in [0.15, 0.2) is 42.6 Å². The van der Waals surface area contributed by atoms with Gasteiger partial charge >= 0.3 is 0 Å². The fourth-order valence-electron chi connectivity index (χ4n) is 2.97. The van der Waals surface area contributed by atoms with E-state index in [4.69, 9.17) is 0 Å². The Labute approximate surface area is 147 Å². The number of benzene rings is 1. The molecule has 25 heavy (non-hydrogen) atoms. The quantitative estimate of drug-likeness (QED) is 0.778. The first-order chi connectivity index (χ1) is 12.0. The number of nitrogens with one attached hydrogen (secondary N) is 1. The molecule has 6 nitrogen and oxygen atoms in total. The highest BCUT2D eigenvalue weighted by atomic mass is 16.2. The van der Waals surface area contributed by atoms with Crippen molar-refractivity contribution < 1.29 is 4.79 Å². The Balaban J connectivity index is 1.75. The maximum absolute atomic E-state index is 12.5. The summed E-state index contributed by atoms with van der Waals surface area (Å²) < 4.78 is 3.64. The number of amides is 1. The van der Waals surface area contributed by atoms with Gasteiger partial charge in [-0.15, -0.1) is 0 Å². The summed E-state index contributed by atoms with van der Waals surface area (Å²) in [5.41, 5.74) is 4.98. The average Bonchev–Trinajstić information content (AvgIpc) is 3.16. The molecule has 0 spiro atoms. The van der Waals surface area contributed by atoms with Gasteiger partial charge < -0.3 is 5.32 Å². The lowest BCUT2D eigenvalue weighted by atomic mass is 10.2. The van der Waals surface area contributed by atoms with Crippen molar-refractivity contribution >= 4 is 5.91 Å². The van der Waals surface area contributed by atoms with Crippen LogP contribution < -0.4 is 5.32 Å². The molecular weight excluding hydrogens is 314 g/mol. The van der Waals surface area contributed by atoms with Gasteiger partial charge in [-0.2, -0.15) is 10.2 Å². The fraction of sp³-hybridized carbons (Fsp3) is 0.316. The summed E-state index contributed by atoms with van der Waals surface area (Å²) in [6.45, 7) is 8.23. The van der Waals surface area contributed by atoms with Crippen LogP contribution in [-0.4, -0.2) is 25.5 Å². The number of aryl methyl sites for hydroxylation is 2. The molecule has 130 valence electrons.